The third kappa shape index (κ3) is 3.10. The van der Waals surface area contributed by atoms with E-state index in [2.05, 4.69) is 19.2 Å². The second-order valence-corrected chi connectivity index (χ2v) is 5.56. The molecule has 1 saturated carbocycles. The van der Waals surface area contributed by atoms with Crippen molar-refractivity contribution in [3.05, 3.63) is 35.4 Å². The number of hydrogen-bond acceptors (Lipinski definition) is 2. The Labute approximate surface area is 108 Å². The standard InChI is InChI=1S/C15H21NO2/c1-10(2)13-7-14(8-13)16-9-11-3-5-12(6-4-11)15(17)18/h3-6,10,13-14,16H,7-9H2,1-2H3,(H,17,18). The van der Waals surface area contributed by atoms with Gasteiger partial charge >= 0.3 is 5.97 Å². The van der Waals surface area contributed by atoms with Crippen LogP contribution in [0, 0.1) is 11.8 Å². The van der Waals surface area contributed by atoms with E-state index in [9.17, 15) is 4.79 Å². The highest BCUT2D eigenvalue weighted by molar-refractivity contribution is 5.87. The molecule has 3 nitrogen and oxygen atoms in total. The molecule has 0 aromatic heterocycles. The number of carboxylic acid groups (broad SMARTS) is 1. The maximum Gasteiger partial charge on any atom is 0.335 e. The lowest BCUT2D eigenvalue weighted by Gasteiger charge is -2.38. The third-order valence-corrected chi connectivity index (χ3v) is 3.91. The Kier molecular flexibility index (Phi) is 4.02. The fourth-order valence-corrected chi connectivity index (χ4v) is 2.40. The Hall–Kier alpha value is -1.35. The molecule has 1 aliphatic rings. The SMILES string of the molecule is CC(C)C1CC(NCc2ccc(C(=O)O)cc2)C1. The minimum atomic E-state index is -0.867. The molecule has 2 N–H and O–H groups in total. The number of aromatic carboxylic acids is 1. The van der Waals surface area contributed by atoms with Crippen LogP contribution in [-0.2, 0) is 6.54 Å². The second-order valence-electron chi connectivity index (χ2n) is 5.56. The van der Waals surface area contributed by atoms with Crippen molar-refractivity contribution in [3.8, 4) is 0 Å². The molecule has 98 valence electrons. The molecule has 0 radical (unpaired) electrons. The Morgan fingerprint density at radius 1 is 1.33 bits per heavy atom. The molecule has 1 aliphatic carbocycles. The molecule has 0 unspecified atom stereocenters. The van der Waals surface area contributed by atoms with Crippen molar-refractivity contribution in [2.24, 2.45) is 11.8 Å². The van der Waals surface area contributed by atoms with E-state index < -0.39 is 5.97 Å². The lowest BCUT2D eigenvalue weighted by Crippen LogP contribution is -2.42. The topological polar surface area (TPSA) is 49.3 Å². The normalized spacial score (nSPS) is 22.8. The summed E-state index contributed by atoms with van der Waals surface area (Å²) in [4.78, 5) is 10.7. The molecule has 0 spiro atoms. The van der Waals surface area contributed by atoms with Gasteiger partial charge in [-0.2, -0.15) is 0 Å². The number of rotatable bonds is 5. The van der Waals surface area contributed by atoms with Crippen molar-refractivity contribution in [2.75, 3.05) is 0 Å². The molecular weight excluding hydrogens is 226 g/mol. The summed E-state index contributed by atoms with van der Waals surface area (Å²) < 4.78 is 0. The first-order valence-electron chi connectivity index (χ1n) is 6.62. The minimum absolute atomic E-state index is 0.349. The molecule has 0 amide bonds. The van der Waals surface area contributed by atoms with Gasteiger partial charge < -0.3 is 10.4 Å². The van der Waals surface area contributed by atoms with Crippen molar-refractivity contribution in [1.82, 2.24) is 5.32 Å². The number of nitrogens with one attached hydrogen (secondary N) is 1. The summed E-state index contributed by atoms with van der Waals surface area (Å²) in [6, 6.07) is 7.73. The average molecular weight is 247 g/mol. The van der Waals surface area contributed by atoms with Crippen molar-refractivity contribution < 1.29 is 9.90 Å². The van der Waals surface area contributed by atoms with E-state index >= 15 is 0 Å². The van der Waals surface area contributed by atoms with Crippen LogP contribution in [0.3, 0.4) is 0 Å². The predicted octanol–water partition coefficient (Wildman–Crippen LogP) is 2.91. The first kappa shape index (κ1) is 13.1. The molecule has 0 bridgehead atoms. The van der Waals surface area contributed by atoms with Gasteiger partial charge in [0.1, 0.15) is 0 Å². The van der Waals surface area contributed by atoms with Gasteiger partial charge in [0.15, 0.2) is 0 Å². The number of carboxylic acids is 1. The van der Waals surface area contributed by atoms with Crippen LogP contribution in [-0.4, -0.2) is 17.1 Å². The van der Waals surface area contributed by atoms with Crippen LogP contribution in [0.2, 0.25) is 0 Å². The lowest BCUT2D eigenvalue weighted by molar-refractivity contribution is 0.0697. The second kappa shape index (κ2) is 5.53. The van der Waals surface area contributed by atoms with Gasteiger partial charge in [0.2, 0.25) is 0 Å². The number of benzene rings is 1. The van der Waals surface area contributed by atoms with Crippen LogP contribution in [0.15, 0.2) is 24.3 Å². The fraction of sp³-hybridized carbons (Fsp3) is 0.533. The third-order valence-electron chi connectivity index (χ3n) is 3.91. The van der Waals surface area contributed by atoms with E-state index in [1.54, 1.807) is 12.1 Å². The smallest absolute Gasteiger partial charge is 0.335 e. The van der Waals surface area contributed by atoms with E-state index in [0.29, 0.717) is 11.6 Å². The van der Waals surface area contributed by atoms with E-state index in [4.69, 9.17) is 5.11 Å². The first-order valence-corrected chi connectivity index (χ1v) is 6.62. The summed E-state index contributed by atoms with van der Waals surface area (Å²) in [5.41, 5.74) is 1.50. The maximum atomic E-state index is 10.7. The molecule has 0 saturated heterocycles. The predicted molar refractivity (Wildman–Crippen MR) is 71.6 cm³/mol. The van der Waals surface area contributed by atoms with Gasteiger partial charge in [-0.3, -0.25) is 0 Å². The monoisotopic (exact) mass is 247 g/mol. The molecule has 0 heterocycles. The quantitative estimate of drug-likeness (QED) is 0.841. The summed E-state index contributed by atoms with van der Waals surface area (Å²) >= 11 is 0. The van der Waals surface area contributed by atoms with Gasteiger partial charge in [-0.25, -0.2) is 4.79 Å². The van der Waals surface area contributed by atoms with Crippen molar-refractivity contribution >= 4 is 5.97 Å². The van der Waals surface area contributed by atoms with Crippen LogP contribution >= 0.6 is 0 Å². The van der Waals surface area contributed by atoms with Gasteiger partial charge in [-0.05, 0) is 42.4 Å². The Morgan fingerprint density at radius 2 is 1.94 bits per heavy atom. The lowest BCUT2D eigenvalue weighted by atomic mass is 9.73. The molecule has 0 aliphatic heterocycles. The molecule has 1 fully saturated rings. The number of carbonyl (C=O) groups is 1. The Balaban J connectivity index is 1.76. The van der Waals surface area contributed by atoms with Gasteiger partial charge in [0, 0.05) is 12.6 Å². The van der Waals surface area contributed by atoms with Crippen molar-refractivity contribution in [3.63, 3.8) is 0 Å². The highest BCUT2D eigenvalue weighted by Crippen LogP contribution is 2.33. The van der Waals surface area contributed by atoms with Crippen LogP contribution < -0.4 is 5.32 Å². The minimum Gasteiger partial charge on any atom is -0.478 e. The van der Waals surface area contributed by atoms with E-state index in [0.717, 1.165) is 23.9 Å². The van der Waals surface area contributed by atoms with Crippen LogP contribution in [0.25, 0.3) is 0 Å². The highest BCUT2D eigenvalue weighted by atomic mass is 16.4. The molecule has 0 atom stereocenters. The molecular formula is C15H21NO2. The maximum absolute atomic E-state index is 10.7. The van der Waals surface area contributed by atoms with Crippen molar-refractivity contribution in [1.29, 1.82) is 0 Å². The average Bonchev–Trinajstić information content (AvgIpc) is 2.27. The fourth-order valence-electron chi connectivity index (χ4n) is 2.40. The van der Waals surface area contributed by atoms with Crippen LogP contribution in [0.4, 0.5) is 0 Å². The zero-order chi connectivity index (χ0) is 13.1. The summed E-state index contributed by atoms with van der Waals surface area (Å²) in [5.74, 6) is 0.795. The molecule has 1 aromatic carbocycles. The van der Waals surface area contributed by atoms with E-state index in [1.807, 2.05) is 12.1 Å². The molecule has 3 heteroatoms. The van der Waals surface area contributed by atoms with Crippen LogP contribution in [0.5, 0.6) is 0 Å². The summed E-state index contributed by atoms with van der Waals surface area (Å²) in [6.07, 6.45) is 2.54. The van der Waals surface area contributed by atoms with E-state index in [1.165, 1.54) is 12.8 Å². The highest BCUT2D eigenvalue weighted by Gasteiger charge is 2.30. The molecule has 18 heavy (non-hydrogen) atoms. The summed E-state index contributed by atoms with van der Waals surface area (Å²) in [5, 5.41) is 12.3. The van der Waals surface area contributed by atoms with Crippen molar-refractivity contribution in [2.45, 2.75) is 39.3 Å². The molecule has 1 aromatic rings. The van der Waals surface area contributed by atoms with E-state index in [-0.39, 0.29) is 0 Å². The van der Waals surface area contributed by atoms with Gasteiger partial charge in [0.25, 0.3) is 0 Å². The first-order chi connectivity index (χ1) is 8.56. The van der Waals surface area contributed by atoms with Gasteiger partial charge in [-0.15, -0.1) is 0 Å². The zero-order valence-electron chi connectivity index (χ0n) is 11.0. The summed E-state index contributed by atoms with van der Waals surface area (Å²) in [6.45, 7) is 5.40. The zero-order valence-corrected chi connectivity index (χ0v) is 11.0. The van der Waals surface area contributed by atoms with Gasteiger partial charge in [0.05, 0.1) is 5.56 Å². The van der Waals surface area contributed by atoms with Crippen LogP contribution in [0.1, 0.15) is 42.6 Å². The Bertz CT molecular complexity index is 405. The number of hydrogen-bond donors (Lipinski definition) is 2. The molecule has 2 rings (SSSR count). The summed E-state index contributed by atoms with van der Waals surface area (Å²) in [7, 11) is 0. The largest absolute Gasteiger partial charge is 0.478 e. The Morgan fingerprint density at radius 3 is 2.44 bits per heavy atom. The van der Waals surface area contributed by atoms with Gasteiger partial charge in [-0.1, -0.05) is 26.0 Å².